The number of benzene rings is 1. The Morgan fingerprint density at radius 3 is 2.50 bits per heavy atom. The SMILES string of the molecule is CN(C)S(=O)(=O)c1cccc(CO)c1. The monoisotopic (exact) mass is 215 g/mol. The highest BCUT2D eigenvalue weighted by Gasteiger charge is 2.16. The van der Waals surface area contributed by atoms with Crippen LogP contribution in [0.25, 0.3) is 0 Å². The van der Waals surface area contributed by atoms with Gasteiger partial charge in [-0.15, -0.1) is 0 Å². The lowest BCUT2D eigenvalue weighted by Gasteiger charge is -2.11. The average Bonchev–Trinajstić information content (AvgIpc) is 2.17. The van der Waals surface area contributed by atoms with Crippen LogP contribution in [-0.2, 0) is 16.6 Å². The first kappa shape index (κ1) is 11.2. The van der Waals surface area contributed by atoms with Crippen LogP contribution >= 0.6 is 0 Å². The van der Waals surface area contributed by atoms with Gasteiger partial charge in [0, 0.05) is 14.1 Å². The quantitative estimate of drug-likeness (QED) is 0.795. The molecule has 0 heterocycles. The molecule has 5 heteroatoms. The molecule has 0 aliphatic rings. The van der Waals surface area contributed by atoms with Crippen molar-refractivity contribution in [2.24, 2.45) is 0 Å². The second-order valence-corrected chi connectivity index (χ2v) is 5.24. The van der Waals surface area contributed by atoms with Crippen LogP contribution < -0.4 is 0 Å². The molecule has 1 aromatic carbocycles. The third-order valence-electron chi connectivity index (χ3n) is 1.86. The fourth-order valence-electron chi connectivity index (χ4n) is 1.02. The van der Waals surface area contributed by atoms with Crippen molar-refractivity contribution >= 4 is 10.0 Å². The van der Waals surface area contributed by atoms with Crippen molar-refractivity contribution in [3.63, 3.8) is 0 Å². The standard InChI is InChI=1S/C9H13NO3S/c1-10(2)14(12,13)9-5-3-4-8(6-9)7-11/h3-6,11H,7H2,1-2H3. The maximum atomic E-state index is 11.6. The minimum absolute atomic E-state index is 0.156. The minimum atomic E-state index is -3.39. The molecule has 0 saturated heterocycles. The molecule has 0 fully saturated rings. The maximum absolute atomic E-state index is 11.6. The van der Waals surface area contributed by atoms with E-state index in [9.17, 15) is 8.42 Å². The Bertz CT molecular complexity index is 412. The van der Waals surface area contributed by atoms with E-state index in [2.05, 4.69) is 0 Å². The molecular formula is C9H13NO3S. The molecule has 1 rings (SSSR count). The highest BCUT2D eigenvalue weighted by Crippen LogP contribution is 2.14. The summed E-state index contributed by atoms with van der Waals surface area (Å²) in [7, 11) is -0.441. The predicted molar refractivity (Wildman–Crippen MR) is 53.2 cm³/mol. The van der Waals surface area contributed by atoms with Gasteiger partial charge >= 0.3 is 0 Å². The highest BCUT2D eigenvalue weighted by atomic mass is 32.2. The molecule has 0 atom stereocenters. The zero-order valence-corrected chi connectivity index (χ0v) is 8.95. The number of hydrogen-bond acceptors (Lipinski definition) is 3. The molecular weight excluding hydrogens is 202 g/mol. The highest BCUT2D eigenvalue weighted by molar-refractivity contribution is 7.89. The molecule has 0 radical (unpaired) electrons. The minimum Gasteiger partial charge on any atom is -0.392 e. The Morgan fingerprint density at radius 2 is 2.00 bits per heavy atom. The summed E-state index contributed by atoms with van der Waals surface area (Å²) in [6.45, 7) is -0.156. The summed E-state index contributed by atoms with van der Waals surface area (Å²) in [4.78, 5) is 0.203. The van der Waals surface area contributed by atoms with E-state index in [1.54, 1.807) is 12.1 Å². The van der Waals surface area contributed by atoms with Gasteiger partial charge in [-0.05, 0) is 17.7 Å². The van der Waals surface area contributed by atoms with Crippen LogP contribution in [0.4, 0.5) is 0 Å². The van der Waals surface area contributed by atoms with E-state index >= 15 is 0 Å². The Labute approximate surface area is 83.8 Å². The first-order chi connectivity index (χ1) is 6.48. The normalized spacial score (nSPS) is 12.0. The fraction of sp³-hybridized carbons (Fsp3) is 0.333. The molecule has 0 saturated carbocycles. The summed E-state index contributed by atoms with van der Waals surface area (Å²) in [6.07, 6.45) is 0. The van der Waals surface area contributed by atoms with Gasteiger partial charge in [-0.1, -0.05) is 12.1 Å². The van der Waals surface area contributed by atoms with Crippen molar-refractivity contribution in [3.05, 3.63) is 29.8 Å². The largest absolute Gasteiger partial charge is 0.392 e. The van der Waals surface area contributed by atoms with Crippen LogP contribution in [0.3, 0.4) is 0 Å². The third-order valence-corrected chi connectivity index (χ3v) is 3.67. The number of aliphatic hydroxyl groups is 1. The van der Waals surface area contributed by atoms with E-state index in [0.717, 1.165) is 4.31 Å². The molecule has 0 aromatic heterocycles. The molecule has 0 amide bonds. The number of hydrogen-bond donors (Lipinski definition) is 1. The summed E-state index contributed by atoms with van der Waals surface area (Å²) in [5.41, 5.74) is 0.591. The Morgan fingerprint density at radius 1 is 1.36 bits per heavy atom. The first-order valence-electron chi connectivity index (χ1n) is 4.11. The van der Waals surface area contributed by atoms with E-state index in [-0.39, 0.29) is 11.5 Å². The Balaban J connectivity index is 3.20. The summed E-state index contributed by atoms with van der Waals surface area (Å²) in [5, 5.41) is 8.86. The second-order valence-electron chi connectivity index (χ2n) is 3.09. The van der Waals surface area contributed by atoms with Gasteiger partial charge in [-0.25, -0.2) is 12.7 Å². The van der Waals surface area contributed by atoms with Crippen molar-refractivity contribution in [3.8, 4) is 0 Å². The van der Waals surface area contributed by atoms with Gasteiger partial charge in [0.2, 0.25) is 10.0 Å². The zero-order valence-electron chi connectivity index (χ0n) is 8.14. The summed E-state index contributed by atoms with van der Waals surface area (Å²) >= 11 is 0. The first-order valence-corrected chi connectivity index (χ1v) is 5.55. The van der Waals surface area contributed by atoms with E-state index in [4.69, 9.17) is 5.11 Å². The molecule has 0 unspecified atom stereocenters. The third kappa shape index (κ3) is 2.12. The van der Waals surface area contributed by atoms with Crippen LogP contribution in [0, 0.1) is 0 Å². The van der Waals surface area contributed by atoms with Crippen LogP contribution in [0.1, 0.15) is 5.56 Å². The van der Waals surface area contributed by atoms with Gasteiger partial charge in [0.25, 0.3) is 0 Å². The van der Waals surface area contributed by atoms with Crippen molar-refractivity contribution < 1.29 is 13.5 Å². The van der Waals surface area contributed by atoms with Crippen LogP contribution in [0.5, 0.6) is 0 Å². The average molecular weight is 215 g/mol. The summed E-state index contributed by atoms with van der Waals surface area (Å²) < 4.78 is 24.4. The molecule has 4 nitrogen and oxygen atoms in total. The predicted octanol–water partition coefficient (Wildman–Crippen LogP) is 0.429. The molecule has 0 bridgehead atoms. The Hall–Kier alpha value is -0.910. The van der Waals surface area contributed by atoms with Gasteiger partial charge in [-0.3, -0.25) is 0 Å². The summed E-state index contributed by atoms with van der Waals surface area (Å²) in [6, 6.07) is 6.26. The fourth-order valence-corrected chi connectivity index (χ4v) is 1.99. The number of rotatable bonds is 3. The molecule has 14 heavy (non-hydrogen) atoms. The van der Waals surface area contributed by atoms with Gasteiger partial charge in [-0.2, -0.15) is 0 Å². The van der Waals surface area contributed by atoms with Crippen molar-refractivity contribution in [2.75, 3.05) is 14.1 Å². The lowest BCUT2D eigenvalue weighted by Crippen LogP contribution is -2.22. The van der Waals surface area contributed by atoms with Crippen molar-refractivity contribution in [2.45, 2.75) is 11.5 Å². The second kappa shape index (κ2) is 4.08. The molecule has 1 aromatic rings. The molecule has 0 aliphatic carbocycles. The topological polar surface area (TPSA) is 57.6 Å². The van der Waals surface area contributed by atoms with Gasteiger partial charge in [0.05, 0.1) is 11.5 Å². The van der Waals surface area contributed by atoms with E-state index in [0.29, 0.717) is 5.56 Å². The molecule has 0 spiro atoms. The van der Waals surface area contributed by atoms with E-state index in [1.807, 2.05) is 0 Å². The Kier molecular flexibility index (Phi) is 3.25. The zero-order chi connectivity index (χ0) is 10.8. The summed E-state index contributed by atoms with van der Waals surface area (Å²) in [5.74, 6) is 0. The smallest absolute Gasteiger partial charge is 0.242 e. The van der Waals surface area contributed by atoms with E-state index in [1.165, 1.54) is 26.2 Å². The molecule has 0 aliphatic heterocycles. The number of aliphatic hydroxyl groups excluding tert-OH is 1. The van der Waals surface area contributed by atoms with Crippen molar-refractivity contribution in [1.82, 2.24) is 4.31 Å². The van der Waals surface area contributed by atoms with E-state index < -0.39 is 10.0 Å². The lowest BCUT2D eigenvalue weighted by atomic mass is 10.2. The van der Waals surface area contributed by atoms with Crippen LogP contribution in [0.2, 0.25) is 0 Å². The van der Waals surface area contributed by atoms with Gasteiger partial charge in [0.15, 0.2) is 0 Å². The van der Waals surface area contributed by atoms with Crippen LogP contribution in [0.15, 0.2) is 29.2 Å². The van der Waals surface area contributed by atoms with Crippen LogP contribution in [-0.4, -0.2) is 31.9 Å². The molecule has 1 N–H and O–H groups in total. The number of nitrogens with zero attached hydrogens (tertiary/aromatic N) is 1. The molecule has 78 valence electrons. The van der Waals surface area contributed by atoms with Gasteiger partial charge in [0.1, 0.15) is 0 Å². The lowest BCUT2D eigenvalue weighted by molar-refractivity contribution is 0.281. The van der Waals surface area contributed by atoms with Crippen molar-refractivity contribution in [1.29, 1.82) is 0 Å². The van der Waals surface area contributed by atoms with Gasteiger partial charge < -0.3 is 5.11 Å². The maximum Gasteiger partial charge on any atom is 0.242 e. The number of sulfonamides is 1.